The molecule has 0 spiro atoms. The monoisotopic (exact) mass is 343 g/mol. The summed E-state index contributed by atoms with van der Waals surface area (Å²) in [5, 5.41) is 0. The average Bonchev–Trinajstić information content (AvgIpc) is 2.93. The molecule has 3 aliphatic heterocycles. The summed E-state index contributed by atoms with van der Waals surface area (Å²) in [7, 11) is 0. The minimum Gasteiger partial charge on any atom is -0.367 e. The fourth-order valence-corrected chi connectivity index (χ4v) is 4.88. The van der Waals surface area contributed by atoms with Crippen LogP contribution in [0.15, 0.2) is 54.4 Å². The summed E-state index contributed by atoms with van der Waals surface area (Å²) in [6.07, 6.45) is 14.1. The van der Waals surface area contributed by atoms with E-state index in [0.29, 0.717) is 6.04 Å². The summed E-state index contributed by atoms with van der Waals surface area (Å²) >= 11 is 0. The van der Waals surface area contributed by atoms with Gasteiger partial charge in [0.1, 0.15) is 6.54 Å². The lowest BCUT2D eigenvalue weighted by Crippen LogP contribution is -2.35. The first-order valence-corrected chi connectivity index (χ1v) is 9.98. The Balaban J connectivity index is 1.82. The van der Waals surface area contributed by atoms with Crippen molar-refractivity contribution in [1.29, 1.82) is 0 Å². The number of aromatic nitrogens is 1. The van der Waals surface area contributed by atoms with Gasteiger partial charge >= 0.3 is 0 Å². The third-order valence-electron chi connectivity index (χ3n) is 6.18. The largest absolute Gasteiger partial charge is 0.367 e. The van der Waals surface area contributed by atoms with Crippen molar-refractivity contribution in [3.63, 3.8) is 0 Å². The maximum atomic E-state index is 2.55. The van der Waals surface area contributed by atoms with E-state index < -0.39 is 0 Å². The molecule has 0 N–H and O–H groups in total. The molecule has 0 fully saturated rings. The highest BCUT2D eigenvalue weighted by atomic mass is 15.1. The lowest BCUT2D eigenvalue weighted by molar-refractivity contribution is -0.686. The van der Waals surface area contributed by atoms with Crippen LogP contribution >= 0.6 is 0 Å². The second-order valence-corrected chi connectivity index (χ2v) is 8.07. The molecule has 26 heavy (non-hydrogen) atoms. The highest BCUT2D eigenvalue weighted by Gasteiger charge is 2.32. The second kappa shape index (κ2) is 6.12. The highest BCUT2D eigenvalue weighted by molar-refractivity contribution is 5.70. The van der Waals surface area contributed by atoms with E-state index >= 15 is 0 Å². The van der Waals surface area contributed by atoms with E-state index in [4.69, 9.17) is 0 Å². The molecule has 1 aromatic carbocycles. The Morgan fingerprint density at radius 1 is 1.04 bits per heavy atom. The maximum absolute atomic E-state index is 2.55. The van der Waals surface area contributed by atoms with Crippen molar-refractivity contribution < 1.29 is 4.57 Å². The molecule has 2 nitrogen and oxygen atoms in total. The van der Waals surface area contributed by atoms with E-state index in [1.165, 1.54) is 53.6 Å². The van der Waals surface area contributed by atoms with Crippen molar-refractivity contribution in [3.8, 4) is 11.3 Å². The zero-order valence-electron chi connectivity index (χ0n) is 15.8. The van der Waals surface area contributed by atoms with Crippen molar-refractivity contribution in [1.82, 2.24) is 4.90 Å². The molecule has 0 saturated heterocycles. The average molecular weight is 343 g/mol. The summed E-state index contributed by atoms with van der Waals surface area (Å²) in [6.45, 7) is 6.70. The fourth-order valence-electron chi connectivity index (χ4n) is 4.88. The number of rotatable bonds is 0. The van der Waals surface area contributed by atoms with Gasteiger partial charge in [-0.25, -0.2) is 0 Å². The highest BCUT2D eigenvalue weighted by Crippen LogP contribution is 2.41. The third kappa shape index (κ3) is 2.51. The van der Waals surface area contributed by atoms with Crippen molar-refractivity contribution in [3.05, 3.63) is 76.6 Å². The van der Waals surface area contributed by atoms with Gasteiger partial charge in [0, 0.05) is 31.3 Å². The summed E-state index contributed by atoms with van der Waals surface area (Å²) in [5.74, 6) is 0. The normalized spacial score (nSPS) is 20.9. The van der Waals surface area contributed by atoms with Crippen LogP contribution < -0.4 is 4.57 Å². The Morgan fingerprint density at radius 2 is 1.88 bits per heavy atom. The predicted molar refractivity (Wildman–Crippen MR) is 106 cm³/mol. The van der Waals surface area contributed by atoms with E-state index in [9.17, 15) is 0 Å². The summed E-state index contributed by atoms with van der Waals surface area (Å²) < 4.78 is 2.48. The molecule has 132 valence electrons. The van der Waals surface area contributed by atoms with Gasteiger partial charge in [-0.3, -0.25) is 0 Å². The number of nitrogens with zero attached hydrogens (tertiary/aromatic N) is 2. The molecule has 4 heterocycles. The van der Waals surface area contributed by atoms with Crippen molar-refractivity contribution in [2.75, 3.05) is 6.54 Å². The van der Waals surface area contributed by atoms with Crippen molar-refractivity contribution in [2.45, 2.75) is 52.1 Å². The number of allylic oxidation sites excluding steroid dienone is 2. The van der Waals surface area contributed by atoms with Crippen LogP contribution in [0.4, 0.5) is 0 Å². The van der Waals surface area contributed by atoms with Gasteiger partial charge in [0.15, 0.2) is 6.20 Å². The smallest absolute Gasteiger partial charge is 0.213 e. The van der Waals surface area contributed by atoms with Gasteiger partial charge < -0.3 is 4.90 Å². The van der Waals surface area contributed by atoms with Crippen molar-refractivity contribution in [2.24, 2.45) is 0 Å². The van der Waals surface area contributed by atoms with Crippen LogP contribution in [0.3, 0.4) is 0 Å². The molecule has 1 unspecified atom stereocenters. The maximum Gasteiger partial charge on any atom is 0.213 e. The van der Waals surface area contributed by atoms with Gasteiger partial charge in [0.2, 0.25) is 5.69 Å². The minimum atomic E-state index is 0.375. The topological polar surface area (TPSA) is 7.12 Å². The van der Waals surface area contributed by atoms with Gasteiger partial charge in [0.25, 0.3) is 0 Å². The quantitative estimate of drug-likeness (QED) is 0.631. The Morgan fingerprint density at radius 3 is 2.81 bits per heavy atom. The van der Waals surface area contributed by atoms with Crippen LogP contribution in [0, 0.1) is 6.92 Å². The van der Waals surface area contributed by atoms with Crippen LogP contribution in [0.25, 0.3) is 11.3 Å². The first kappa shape index (κ1) is 15.9. The minimum absolute atomic E-state index is 0.375. The molecule has 1 aromatic heterocycles. The van der Waals surface area contributed by atoms with E-state index in [1.807, 2.05) is 0 Å². The Kier molecular flexibility index (Phi) is 3.74. The standard InChI is InChI=1S/C24H27N2/c1-17-9-13-25-11-3-5-19-7-8-20-6-4-12-26-14-10-18(2)16-22(26)24(20)23(19)21(25)15-17/h7-10,13-16,21H,3-6,11-12H2,1-2H3/q+1. The Hall–Kier alpha value is -2.35. The van der Waals surface area contributed by atoms with Gasteiger partial charge in [-0.05, 0) is 61.4 Å². The van der Waals surface area contributed by atoms with Gasteiger partial charge in [-0.2, -0.15) is 4.57 Å². The van der Waals surface area contributed by atoms with Crippen LogP contribution in [0.2, 0.25) is 0 Å². The van der Waals surface area contributed by atoms with E-state index in [2.05, 4.69) is 72.1 Å². The summed E-state index contributed by atoms with van der Waals surface area (Å²) in [6, 6.07) is 9.85. The van der Waals surface area contributed by atoms with Crippen molar-refractivity contribution >= 4 is 0 Å². The SMILES string of the molecule is CC1=CC2c3c(ccc4c3-c3cc(C)cc[n+]3CCC4)CCCN2C=C1. The Labute approximate surface area is 156 Å². The first-order valence-electron chi connectivity index (χ1n) is 9.98. The molecule has 3 aliphatic rings. The lowest BCUT2D eigenvalue weighted by Gasteiger charge is -2.32. The van der Waals surface area contributed by atoms with Gasteiger partial charge in [0.05, 0.1) is 11.6 Å². The molecule has 5 rings (SSSR count). The van der Waals surface area contributed by atoms with Gasteiger partial charge in [-0.15, -0.1) is 0 Å². The zero-order chi connectivity index (χ0) is 17.7. The number of hydrogen-bond donors (Lipinski definition) is 0. The lowest BCUT2D eigenvalue weighted by atomic mass is 9.85. The Bertz CT molecular complexity index is 935. The molecular weight excluding hydrogens is 316 g/mol. The molecule has 0 bridgehead atoms. The molecule has 2 aromatic rings. The predicted octanol–water partition coefficient (Wildman–Crippen LogP) is 4.66. The molecule has 2 heteroatoms. The van der Waals surface area contributed by atoms with E-state index in [0.717, 1.165) is 13.1 Å². The van der Waals surface area contributed by atoms with Crippen LogP contribution in [-0.4, -0.2) is 11.4 Å². The van der Waals surface area contributed by atoms with Crippen LogP contribution in [0.1, 0.15) is 48.1 Å². The number of fused-ring (bicyclic) bond motifs is 7. The van der Waals surface area contributed by atoms with Crippen LogP contribution in [0.5, 0.6) is 0 Å². The number of pyridine rings is 1. The molecule has 0 radical (unpaired) electrons. The molecule has 0 aliphatic carbocycles. The van der Waals surface area contributed by atoms with Gasteiger partial charge in [-0.1, -0.05) is 23.8 Å². The molecule has 0 amide bonds. The van der Waals surface area contributed by atoms with Crippen LogP contribution in [-0.2, 0) is 19.4 Å². The summed E-state index contributed by atoms with van der Waals surface area (Å²) in [5.41, 5.74) is 10.3. The summed E-state index contributed by atoms with van der Waals surface area (Å²) in [4.78, 5) is 2.55. The zero-order valence-corrected chi connectivity index (χ0v) is 15.8. The van der Waals surface area contributed by atoms with E-state index in [1.54, 1.807) is 11.1 Å². The number of benzene rings is 1. The third-order valence-corrected chi connectivity index (χ3v) is 6.18. The first-order chi connectivity index (χ1) is 12.7. The second-order valence-electron chi connectivity index (χ2n) is 8.07. The van der Waals surface area contributed by atoms with E-state index in [-0.39, 0.29) is 0 Å². The molecule has 1 atom stereocenters. The fraction of sp³-hybridized carbons (Fsp3) is 0.375. The molecule has 0 saturated carbocycles. The number of aryl methyl sites for hydroxylation is 4. The molecular formula is C24H27N2+. The number of hydrogen-bond acceptors (Lipinski definition) is 1.